The highest BCUT2D eigenvalue weighted by Gasteiger charge is 2.30. The number of carbonyl (C=O) groups excluding carboxylic acids is 1. The molecule has 22 heavy (non-hydrogen) atoms. The maximum Gasteiger partial charge on any atom is 0.330 e. The van der Waals surface area contributed by atoms with Gasteiger partial charge in [0.1, 0.15) is 0 Å². The lowest BCUT2D eigenvalue weighted by molar-refractivity contribution is -0.142. The van der Waals surface area contributed by atoms with Crippen LogP contribution in [0.1, 0.15) is 90.9 Å². The largest absolute Gasteiger partial charge is 0.462 e. The lowest BCUT2D eigenvalue weighted by atomic mass is 9.75. The van der Waals surface area contributed by atoms with Crippen LogP contribution >= 0.6 is 0 Å². The minimum absolute atomic E-state index is 0.222. The molecule has 1 saturated carbocycles. The zero-order chi connectivity index (χ0) is 16.3. The molecule has 1 aliphatic carbocycles. The Hall–Kier alpha value is -0.790. The molecule has 0 aliphatic heterocycles. The molecule has 0 spiro atoms. The van der Waals surface area contributed by atoms with Gasteiger partial charge < -0.3 is 4.74 Å². The van der Waals surface area contributed by atoms with Gasteiger partial charge in [-0.25, -0.2) is 4.79 Å². The van der Waals surface area contributed by atoms with E-state index in [9.17, 15) is 4.79 Å². The number of hydrogen-bond donors (Lipinski definition) is 0. The third-order valence-electron chi connectivity index (χ3n) is 5.09. The summed E-state index contributed by atoms with van der Waals surface area (Å²) in [5.41, 5.74) is 0.222. The first-order valence-corrected chi connectivity index (χ1v) is 9.37. The average molecular weight is 309 g/mol. The summed E-state index contributed by atoms with van der Waals surface area (Å²) in [6, 6.07) is 0. The number of esters is 1. The molecular weight excluding hydrogens is 272 g/mol. The van der Waals surface area contributed by atoms with E-state index in [1.165, 1.54) is 83.1 Å². The second-order valence-electron chi connectivity index (χ2n) is 7.57. The Kier molecular flexibility index (Phi) is 9.50. The summed E-state index contributed by atoms with van der Waals surface area (Å²) in [5.74, 6) is 0.525. The van der Waals surface area contributed by atoms with Crippen LogP contribution in [0.5, 0.6) is 0 Å². The van der Waals surface area contributed by atoms with Gasteiger partial charge >= 0.3 is 5.97 Å². The molecule has 2 heteroatoms. The van der Waals surface area contributed by atoms with Crippen molar-refractivity contribution in [1.82, 2.24) is 0 Å². The first-order chi connectivity index (χ1) is 10.6. The van der Waals surface area contributed by atoms with Gasteiger partial charge in [-0.15, -0.1) is 0 Å². The molecule has 0 saturated heterocycles. The lowest BCUT2D eigenvalue weighted by Gasteiger charge is -2.33. The highest BCUT2D eigenvalue weighted by molar-refractivity contribution is 5.81. The van der Waals surface area contributed by atoms with E-state index in [-0.39, 0.29) is 11.4 Å². The molecule has 0 amide bonds. The number of rotatable bonds is 8. The summed E-state index contributed by atoms with van der Waals surface area (Å²) in [5, 5.41) is 0. The molecule has 2 nitrogen and oxygen atoms in total. The van der Waals surface area contributed by atoms with Gasteiger partial charge in [0.2, 0.25) is 0 Å². The number of ether oxygens (including phenoxy) is 1. The van der Waals surface area contributed by atoms with Crippen molar-refractivity contribution in [3.05, 3.63) is 12.7 Å². The van der Waals surface area contributed by atoms with Crippen molar-refractivity contribution in [2.45, 2.75) is 90.9 Å². The Labute approximate surface area is 137 Å². The highest BCUT2D eigenvalue weighted by atomic mass is 16.5. The molecule has 0 aromatic rings. The molecule has 128 valence electrons. The standard InChI is InChI=1S/C20H36O2/c1-4-19(21)22-17-20(16-12-9-13-18(2)3)14-10-7-5-6-8-11-15-20/h4,18H,1,5-17H2,2-3H3. The fourth-order valence-corrected chi connectivity index (χ4v) is 3.63. The molecule has 0 aromatic carbocycles. The minimum atomic E-state index is -0.263. The van der Waals surface area contributed by atoms with Gasteiger partial charge in [0.25, 0.3) is 0 Å². The molecular formula is C20H36O2. The van der Waals surface area contributed by atoms with E-state index < -0.39 is 0 Å². The molecule has 0 atom stereocenters. The van der Waals surface area contributed by atoms with Crippen molar-refractivity contribution < 1.29 is 9.53 Å². The van der Waals surface area contributed by atoms with Crippen LogP contribution in [0.2, 0.25) is 0 Å². The van der Waals surface area contributed by atoms with Crippen molar-refractivity contribution in [2.75, 3.05) is 6.61 Å². The van der Waals surface area contributed by atoms with Gasteiger partial charge in [-0.1, -0.05) is 78.2 Å². The molecule has 0 aromatic heterocycles. The molecule has 1 aliphatic rings. The molecule has 1 fully saturated rings. The fraction of sp³-hybridized carbons (Fsp3) is 0.850. The van der Waals surface area contributed by atoms with Gasteiger partial charge in [-0.05, 0) is 25.2 Å². The maximum atomic E-state index is 11.5. The number of hydrogen-bond acceptors (Lipinski definition) is 2. The number of carbonyl (C=O) groups is 1. The topological polar surface area (TPSA) is 26.3 Å². The smallest absolute Gasteiger partial charge is 0.330 e. The van der Waals surface area contributed by atoms with Gasteiger partial charge in [-0.3, -0.25) is 0 Å². The van der Waals surface area contributed by atoms with Crippen LogP contribution in [-0.4, -0.2) is 12.6 Å². The normalized spacial score (nSPS) is 19.0. The van der Waals surface area contributed by atoms with Crippen LogP contribution in [-0.2, 0) is 9.53 Å². The third-order valence-corrected chi connectivity index (χ3v) is 5.09. The van der Waals surface area contributed by atoms with Gasteiger partial charge in [-0.2, -0.15) is 0 Å². The first-order valence-electron chi connectivity index (χ1n) is 9.37. The first kappa shape index (κ1) is 19.3. The van der Waals surface area contributed by atoms with Gasteiger partial charge in [0, 0.05) is 11.5 Å². The number of unbranched alkanes of at least 4 members (excludes halogenated alkanes) is 1. The van der Waals surface area contributed by atoms with Crippen molar-refractivity contribution in [2.24, 2.45) is 11.3 Å². The van der Waals surface area contributed by atoms with Crippen LogP contribution in [0.25, 0.3) is 0 Å². The Morgan fingerprint density at radius 3 is 2.23 bits per heavy atom. The molecule has 0 bridgehead atoms. The fourth-order valence-electron chi connectivity index (χ4n) is 3.63. The average Bonchev–Trinajstić information content (AvgIpc) is 2.62. The monoisotopic (exact) mass is 308 g/mol. The quantitative estimate of drug-likeness (QED) is 0.310. The van der Waals surface area contributed by atoms with E-state index in [0.717, 1.165) is 5.92 Å². The van der Waals surface area contributed by atoms with Crippen molar-refractivity contribution in [1.29, 1.82) is 0 Å². The Balaban J connectivity index is 2.58. The van der Waals surface area contributed by atoms with E-state index in [2.05, 4.69) is 20.4 Å². The van der Waals surface area contributed by atoms with E-state index in [1.54, 1.807) is 0 Å². The molecule has 0 N–H and O–H groups in total. The molecule has 0 heterocycles. The summed E-state index contributed by atoms with van der Waals surface area (Å²) in [7, 11) is 0. The predicted octanol–water partition coefficient (Wildman–Crippen LogP) is 6.05. The van der Waals surface area contributed by atoms with Crippen LogP contribution in [0, 0.1) is 11.3 Å². The summed E-state index contributed by atoms with van der Waals surface area (Å²) >= 11 is 0. The minimum Gasteiger partial charge on any atom is -0.462 e. The second-order valence-corrected chi connectivity index (χ2v) is 7.57. The van der Waals surface area contributed by atoms with E-state index in [0.29, 0.717) is 6.61 Å². The second kappa shape index (κ2) is 10.9. The molecule has 0 radical (unpaired) electrons. The van der Waals surface area contributed by atoms with Crippen molar-refractivity contribution in [3.8, 4) is 0 Å². The Bertz CT molecular complexity index is 310. The summed E-state index contributed by atoms with van der Waals surface area (Å²) in [4.78, 5) is 11.5. The maximum absolute atomic E-state index is 11.5. The summed E-state index contributed by atoms with van der Waals surface area (Å²) < 4.78 is 5.49. The zero-order valence-electron chi connectivity index (χ0n) is 14.9. The van der Waals surface area contributed by atoms with Crippen LogP contribution in [0.4, 0.5) is 0 Å². The van der Waals surface area contributed by atoms with Gasteiger partial charge in [0.15, 0.2) is 0 Å². The van der Waals surface area contributed by atoms with E-state index in [1.807, 2.05) is 0 Å². The van der Waals surface area contributed by atoms with Crippen LogP contribution < -0.4 is 0 Å². The molecule has 0 unspecified atom stereocenters. The van der Waals surface area contributed by atoms with Crippen LogP contribution in [0.15, 0.2) is 12.7 Å². The highest BCUT2D eigenvalue weighted by Crippen LogP contribution is 2.39. The van der Waals surface area contributed by atoms with Gasteiger partial charge in [0.05, 0.1) is 6.61 Å². The van der Waals surface area contributed by atoms with E-state index in [4.69, 9.17) is 4.74 Å². The SMILES string of the molecule is C=CC(=O)OCC1(CCCCC(C)C)CCCCCCCC1. The van der Waals surface area contributed by atoms with Crippen molar-refractivity contribution >= 4 is 5.97 Å². The predicted molar refractivity (Wildman–Crippen MR) is 93.8 cm³/mol. The van der Waals surface area contributed by atoms with E-state index >= 15 is 0 Å². The van der Waals surface area contributed by atoms with Crippen LogP contribution in [0.3, 0.4) is 0 Å². The van der Waals surface area contributed by atoms with Crippen molar-refractivity contribution in [3.63, 3.8) is 0 Å². The third kappa shape index (κ3) is 8.00. The zero-order valence-corrected chi connectivity index (χ0v) is 14.9. The summed E-state index contributed by atoms with van der Waals surface area (Å²) in [6.07, 6.45) is 16.8. The summed E-state index contributed by atoms with van der Waals surface area (Å²) in [6.45, 7) is 8.70. The Morgan fingerprint density at radius 2 is 1.68 bits per heavy atom. The lowest BCUT2D eigenvalue weighted by Crippen LogP contribution is -2.28. The Morgan fingerprint density at radius 1 is 1.09 bits per heavy atom. The molecule has 1 rings (SSSR count).